The number of carboxylic acid groups (broad SMARTS) is 1. The van der Waals surface area contributed by atoms with Crippen molar-refractivity contribution in [1.82, 2.24) is 0 Å². The highest BCUT2D eigenvalue weighted by molar-refractivity contribution is 7.96. The van der Waals surface area contributed by atoms with Crippen LogP contribution in [-0.4, -0.2) is 49.5 Å². The molecule has 0 saturated carbocycles. The predicted octanol–water partition coefficient (Wildman–Crippen LogP) is 2.69. The minimum absolute atomic E-state index is 0.00406. The van der Waals surface area contributed by atoms with Crippen molar-refractivity contribution in [2.24, 2.45) is 0 Å². The van der Waals surface area contributed by atoms with Gasteiger partial charge in [0.25, 0.3) is 0 Å². The van der Waals surface area contributed by atoms with Crippen LogP contribution in [0, 0.1) is 10.1 Å². The first-order valence-electron chi connectivity index (χ1n) is 9.05. The summed E-state index contributed by atoms with van der Waals surface area (Å²) in [7, 11) is -0.975. The van der Waals surface area contributed by atoms with Gasteiger partial charge >= 0.3 is 11.7 Å². The first-order chi connectivity index (χ1) is 15.0. The van der Waals surface area contributed by atoms with Gasteiger partial charge in [-0.05, 0) is 35.7 Å². The maximum atomic E-state index is 11.5. The summed E-state index contributed by atoms with van der Waals surface area (Å²) >= 11 is 3.70. The molecule has 0 aliphatic heterocycles. The van der Waals surface area contributed by atoms with E-state index < -0.39 is 32.2 Å². The molecule has 0 saturated heterocycles. The van der Waals surface area contributed by atoms with Crippen LogP contribution in [0.5, 0.6) is 11.5 Å². The summed E-state index contributed by atoms with van der Waals surface area (Å²) in [5.74, 6) is -2.23. The van der Waals surface area contributed by atoms with Gasteiger partial charge < -0.3 is 14.6 Å². The van der Waals surface area contributed by atoms with E-state index in [4.69, 9.17) is 14.6 Å². The predicted molar refractivity (Wildman–Crippen MR) is 120 cm³/mol. The number of nitro benzene ring substituents is 1. The molecule has 0 heterocycles. The molecule has 1 N–H and O–H groups in total. The third kappa shape index (κ3) is 9.79. The number of sulfone groups is 1. The van der Waals surface area contributed by atoms with Gasteiger partial charge in [-0.15, -0.1) is 12.6 Å². The number of thiol groups is 1. The lowest BCUT2D eigenvalue weighted by atomic mass is 10.1. The van der Waals surface area contributed by atoms with Gasteiger partial charge in [-0.3, -0.25) is 19.7 Å². The van der Waals surface area contributed by atoms with Gasteiger partial charge in [-0.1, -0.05) is 18.2 Å². The van der Waals surface area contributed by atoms with Gasteiger partial charge in [-0.25, -0.2) is 8.42 Å². The zero-order chi connectivity index (χ0) is 24.3. The number of ether oxygens (including phenoxy) is 2. The van der Waals surface area contributed by atoms with E-state index in [1.54, 1.807) is 7.11 Å². The molecule has 174 valence electrons. The van der Waals surface area contributed by atoms with Crippen LogP contribution in [0.3, 0.4) is 0 Å². The van der Waals surface area contributed by atoms with E-state index in [0.717, 1.165) is 23.8 Å². The summed E-state index contributed by atoms with van der Waals surface area (Å²) < 4.78 is 32.7. The number of benzene rings is 2. The van der Waals surface area contributed by atoms with Crippen molar-refractivity contribution < 1.29 is 37.5 Å². The van der Waals surface area contributed by atoms with Crippen LogP contribution in [0.2, 0.25) is 0 Å². The van der Waals surface area contributed by atoms with Gasteiger partial charge in [0, 0.05) is 12.5 Å². The maximum absolute atomic E-state index is 11.5. The molecule has 0 aliphatic carbocycles. The monoisotopic (exact) mass is 485 g/mol. The van der Waals surface area contributed by atoms with E-state index in [0.29, 0.717) is 6.42 Å². The third-order valence-electron chi connectivity index (χ3n) is 3.96. The number of aliphatic carboxylic acids is 1. The molecule has 0 bridgehead atoms. The summed E-state index contributed by atoms with van der Waals surface area (Å²) in [5.41, 5.74) is 0.891. The van der Waals surface area contributed by atoms with Crippen LogP contribution in [0.15, 0.2) is 42.5 Å². The number of aryl methyl sites for hydroxylation is 1. The quantitative estimate of drug-likeness (QED) is 0.294. The Morgan fingerprint density at radius 1 is 1.06 bits per heavy atom. The van der Waals surface area contributed by atoms with E-state index in [2.05, 4.69) is 12.6 Å². The largest absolute Gasteiger partial charge is 0.497 e. The minimum Gasteiger partial charge on any atom is -0.497 e. The summed E-state index contributed by atoms with van der Waals surface area (Å²) in [4.78, 5) is 31.0. The SMILES string of the molecule is COc1ccc(CCC(=O)S)cc1.COc1ccc(CS(=O)(=O)CC(=O)O)cc1[N+](=O)[O-]. The van der Waals surface area contributed by atoms with Crippen LogP contribution in [0.25, 0.3) is 0 Å². The molecule has 0 amide bonds. The lowest BCUT2D eigenvalue weighted by Gasteiger charge is -2.05. The van der Waals surface area contributed by atoms with E-state index in [-0.39, 0.29) is 22.1 Å². The van der Waals surface area contributed by atoms with Crippen molar-refractivity contribution in [3.05, 3.63) is 63.7 Å². The van der Waals surface area contributed by atoms with Gasteiger partial charge in [0.2, 0.25) is 0 Å². The molecule has 0 aliphatic rings. The first-order valence-corrected chi connectivity index (χ1v) is 11.3. The van der Waals surface area contributed by atoms with Crippen LogP contribution in [-0.2, 0) is 31.6 Å². The van der Waals surface area contributed by atoms with Crippen molar-refractivity contribution in [3.63, 3.8) is 0 Å². The molecule has 10 nitrogen and oxygen atoms in total. The second-order valence-corrected chi connectivity index (χ2v) is 8.99. The Morgan fingerprint density at radius 2 is 1.66 bits per heavy atom. The van der Waals surface area contributed by atoms with Crippen molar-refractivity contribution in [1.29, 1.82) is 0 Å². The molecule has 32 heavy (non-hydrogen) atoms. The van der Waals surface area contributed by atoms with Crippen molar-refractivity contribution in [3.8, 4) is 11.5 Å². The van der Waals surface area contributed by atoms with Crippen LogP contribution >= 0.6 is 12.6 Å². The fourth-order valence-corrected chi connectivity index (χ4v) is 3.78. The van der Waals surface area contributed by atoms with Crippen molar-refractivity contribution >= 4 is 39.2 Å². The van der Waals surface area contributed by atoms with Gasteiger partial charge in [0.15, 0.2) is 20.7 Å². The Morgan fingerprint density at radius 3 is 2.12 bits per heavy atom. The average molecular weight is 486 g/mol. The first kappa shape index (κ1) is 26.9. The highest BCUT2D eigenvalue weighted by Crippen LogP contribution is 2.28. The summed E-state index contributed by atoms with van der Waals surface area (Å²) in [6, 6.07) is 11.3. The lowest BCUT2D eigenvalue weighted by molar-refractivity contribution is -0.385. The molecule has 12 heteroatoms. The molecular formula is C20H23NO9S2. The number of nitrogens with zero attached hydrogens (tertiary/aromatic N) is 1. The molecule has 0 unspecified atom stereocenters. The second-order valence-electron chi connectivity index (χ2n) is 6.43. The van der Waals surface area contributed by atoms with E-state index in [1.165, 1.54) is 19.2 Å². The molecule has 2 rings (SSSR count). The highest BCUT2D eigenvalue weighted by atomic mass is 32.2. The van der Waals surface area contributed by atoms with Gasteiger partial charge in [-0.2, -0.15) is 0 Å². The number of carbonyl (C=O) groups is 2. The Hall–Kier alpha value is -3.12. The smallest absolute Gasteiger partial charge is 0.318 e. The van der Waals surface area contributed by atoms with Crippen LogP contribution < -0.4 is 9.47 Å². The number of hydrogen-bond acceptors (Lipinski definition) is 8. The topological polar surface area (TPSA) is 150 Å². The second kappa shape index (κ2) is 12.7. The van der Waals surface area contributed by atoms with Crippen molar-refractivity contribution in [2.45, 2.75) is 18.6 Å². The summed E-state index contributed by atoms with van der Waals surface area (Å²) in [5, 5.41) is 19.1. The number of methoxy groups -OCH3 is 2. The van der Waals surface area contributed by atoms with Gasteiger partial charge in [0.1, 0.15) is 11.5 Å². The Labute approximate surface area is 190 Å². The standard InChI is InChI=1S/C10H11NO7S.C10H12O2S/c1-18-9-3-2-7(4-8(9)11(14)15)5-19(16,17)6-10(12)13;1-12-9-5-2-8(3-6-9)4-7-10(11)13/h2-4H,5-6H2,1H3,(H,12,13);2-3,5-6H,4,7H2,1H3,(H,11,13). The summed E-state index contributed by atoms with van der Waals surface area (Å²) in [6.07, 6.45) is 1.22. The Kier molecular flexibility index (Phi) is 10.7. The fraction of sp³-hybridized carbons (Fsp3) is 0.300. The molecule has 2 aromatic carbocycles. The Balaban J connectivity index is 0.000000343. The zero-order valence-electron chi connectivity index (χ0n) is 17.4. The maximum Gasteiger partial charge on any atom is 0.318 e. The normalized spacial score (nSPS) is 10.5. The number of carboxylic acids is 1. The van der Waals surface area contributed by atoms with E-state index in [1.807, 2.05) is 24.3 Å². The number of nitro groups is 1. The Bertz CT molecular complexity index is 1050. The van der Waals surface area contributed by atoms with Crippen molar-refractivity contribution in [2.75, 3.05) is 20.0 Å². The van der Waals surface area contributed by atoms with E-state index in [9.17, 15) is 28.1 Å². The summed E-state index contributed by atoms with van der Waals surface area (Å²) in [6.45, 7) is 0. The molecule has 2 aromatic rings. The average Bonchev–Trinajstić information content (AvgIpc) is 2.71. The van der Waals surface area contributed by atoms with Crippen LogP contribution in [0.1, 0.15) is 17.5 Å². The zero-order valence-corrected chi connectivity index (χ0v) is 19.1. The van der Waals surface area contributed by atoms with Crippen LogP contribution in [0.4, 0.5) is 5.69 Å². The van der Waals surface area contributed by atoms with Gasteiger partial charge in [0.05, 0.1) is 24.9 Å². The fourth-order valence-electron chi connectivity index (χ4n) is 2.50. The molecule has 0 aromatic heterocycles. The number of hydrogen-bond donors (Lipinski definition) is 2. The molecule has 0 atom stereocenters. The molecule has 0 fully saturated rings. The number of rotatable bonds is 10. The molecule has 0 radical (unpaired) electrons. The molecule has 0 spiro atoms. The molecular weight excluding hydrogens is 462 g/mol. The lowest BCUT2D eigenvalue weighted by Crippen LogP contribution is -2.17. The highest BCUT2D eigenvalue weighted by Gasteiger charge is 2.20. The number of carbonyl (C=O) groups excluding carboxylic acids is 1. The minimum atomic E-state index is -3.86. The van der Waals surface area contributed by atoms with E-state index >= 15 is 0 Å². The third-order valence-corrected chi connectivity index (χ3v) is 5.64.